The fourth-order valence-electron chi connectivity index (χ4n) is 2.16. The van der Waals surface area contributed by atoms with E-state index in [2.05, 4.69) is 10.6 Å². The molecule has 7 nitrogen and oxygen atoms in total. The Hall–Kier alpha value is -2.36. The smallest absolute Gasteiger partial charge is 0.298 e. The van der Waals surface area contributed by atoms with E-state index in [1.807, 2.05) is 19.1 Å². The van der Waals surface area contributed by atoms with Crippen LogP contribution in [0.1, 0.15) is 13.8 Å². The van der Waals surface area contributed by atoms with Gasteiger partial charge in [0.05, 0.1) is 13.2 Å². The average molecular weight is 396 g/mol. The molecule has 0 aliphatic heterocycles. The Balaban J connectivity index is 2.11. The van der Waals surface area contributed by atoms with Crippen LogP contribution in [0.5, 0.6) is 11.5 Å². The van der Waals surface area contributed by atoms with Crippen LogP contribution in [0.15, 0.2) is 47.4 Å². The highest BCUT2D eigenvalue weighted by Crippen LogP contribution is 2.27. The number of hydrogen-bond acceptors (Lipinski definition) is 5. The van der Waals surface area contributed by atoms with Crippen molar-refractivity contribution in [3.63, 3.8) is 0 Å². The fourth-order valence-corrected chi connectivity index (χ4v) is 3.05. The monoisotopic (exact) mass is 396 g/mol. The second kappa shape index (κ2) is 8.84. The van der Waals surface area contributed by atoms with Gasteiger partial charge in [-0.2, -0.15) is 8.42 Å². The molecule has 9 heteroatoms. The number of hydrogen-bond donors (Lipinski definition) is 3. The van der Waals surface area contributed by atoms with E-state index in [0.29, 0.717) is 12.3 Å². The van der Waals surface area contributed by atoms with Gasteiger partial charge in [-0.1, -0.05) is 0 Å². The molecule has 0 bridgehead atoms. The van der Waals surface area contributed by atoms with Crippen molar-refractivity contribution in [2.24, 2.45) is 0 Å². The van der Waals surface area contributed by atoms with Crippen molar-refractivity contribution in [2.75, 3.05) is 23.8 Å². The zero-order valence-corrected chi connectivity index (χ0v) is 16.0. The van der Waals surface area contributed by atoms with Crippen LogP contribution in [-0.4, -0.2) is 31.3 Å². The summed E-state index contributed by atoms with van der Waals surface area (Å²) in [6, 6.07) is 11.5. The Morgan fingerprint density at radius 2 is 1.58 bits per heavy atom. The molecule has 0 aliphatic rings. The predicted molar refractivity (Wildman–Crippen MR) is 105 cm³/mol. The summed E-state index contributed by atoms with van der Waals surface area (Å²) >= 11 is 5.23. The van der Waals surface area contributed by atoms with Crippen molar-refractivity contribution in [1.29, 1.82) is 0 Å². The summed E-state index contributed by atoms with van der Waals surface area (Å²) in [6.45, 7) is 4.48. The summed E-state index contributed by atoms with van der Waals surface area (Å²) in [5.74, 6) is 0.826. The fraction of sp³-hybridized carbons (Fsp3) is 0.235. The van der Waals surface area contributed by atoms with E-state index in [4.69, 9.17) is 21.7 Å². The summed E-state index contributed by atoms with van der Waals surface area (Å²) in [4.78, 5) is -0.326. The molecule has 0 saturated heterocycles. The lowest BCUT2D eigenvalue weighted by Crippen LogP contribution is -2.19. The van der Waals surface area contributed by atoms with E-state index >= 15 is 0 Å². The van der Waals surface area contributed by atoms with Crippen LogP contribution in [0.4, 0.5) is 11.4 Å². The molecule has 0 atom stereocenters. The van der Waals surface area contributed by atoms with Gasteiger partial charge in [-0.15, -0.1) is 0 Å². The molecular formula is C17H20N2O5S2. The van der Waals surface area contributed by atoms with E-state index in [0.717, 1.165) is 11.4 Å². The third-order valence-electron chi connectivity index (χ3n) is 3.20. The Morgan fingerprint density at radius 3 is 2.15 bits per heavy atom. The largest absolute Gasteiger partial charge is 0.494 e. The highest BCUT2D eigenvalue weighted by atomic mass is 32.2. The minimum atomic E-state index is -4.43. The Kier molecular flexibility index (Phi) is 6.78. The van der Waals surface area contributed by atoms with Crippen molar-refractivity contribution >= 4 is 38.8 Å². The first-order chi connectivity index (χ1) is 12.3. The number of ether oxygens (including phenoxy) is 2. The molecule has 0 saturated carbocycles. The molecule has 0 heterocycles. The lowest BCUT2D eigenvalue weighted by atomic mass is 10.3. The van der Waals surface area contributed by atoms with E-state index in [1.54, 1.807) is 25.1 Å². The van der Waals surface area contributed by atoms with Crippen LogP contribution in [0.25, 0.3) is 0 Å². The van der Waals surface area contributed by atoms with E-state index in [-0.39, 0.29) is 22.4 Å². The summed E-state index contributed by atoms with van der Waals surface area (Å²) in [5, 5.41) is 6.11. The number of thiocarbonyl (C=S) groups is 1. The lowest BCUT2D eigenvalue weighted by Gasteiger charge is -2.13. The average Bonchev–Trinajstić information content (AvgIpc) is 2.57. The molecule has 2 aromatic carbocycles. The molecule has 3 N–H and O–H groups in total. The highest BCUT2D eigenvalue weighted by Gasteiger charge is 2.17. The topological polar surface area (TPSA) is 96.9 Å². The number of nitrogens with one attached hydrogen (secondary N) is 2. The third kappa shape index (κ3) is 5.58. The van der Waals surface area contributed by atoms with Gasteiger partial charge in [0.25, 0.3) is 10.1 Å². The van der Waals surface area contributed by atoms with Gasteiger partial charge >= 0.3 is 0 Å². The molecular weight excluding hydrogens is 376 g/mol. The number of anilines is 2. The highest BCUT2D eigenvalue weighted by molar-refractivity contribution is 7.86. The van der Waals surface area contributed by atoms with Gasteiger partial charge in [0, 0.05) is 11.4 Å². The number of benzene rings is 2. The molecule has 0 fully saturated rings. The summed E-state index contributed by atoms with van der Waals surface area (Å²) in [7, 11) is -4.43. The first-order valence-corrected chi connectivity index (χ1v) is 9.73. The van der Waals surface area contributed by atoms with Crippen molar-refractivity contribution in [3.8, 4) is 11.5 Å². The van der Waals surface area contributed by atoms with Crippen molar-refractivity contribution in [2.45, 2.75) is 18.7 Å². The maximum Gasteiger partial charge on any atom is 0.298 e. The lowest BCUT2D eigenvalue weighted by molar-refractivity contribution is 0.329. The van der Waals surface area contributed by atoms with E-state index in [1.165, 1.54) is 12.1 Å². The third-order valence-corrected chi connectivity index (χ3v) is 4.28. The van der Waals surface area contributed by atoms with Crippen LogP contribution in [0.2, 0.25) is 0 Å². The van der Waals surface area contributed by atoms with Crippen LogP contribution >= 0.6 is 12.2 Å². The maximum absolute atomic E-state index is 11.5. The first-order valence-electron chi connectivity index (χ1n) is 7.88. The Morgan fingerprint density at radius 1 is 1.00 bits per heavy atom. The van der Waals surface area contributed by atoms with Crippen LogP contribution in [-0.2, 0) is 10.1 Å². The quantitative estimate of drug-likeness (QED) is 0.483. The van der Waals surface area contributed by atoms with Gasteiger partial charge < -0.3 is 20.1 Å². The molecule has 0 unspecified atom stereocenters. The molecule has 0 aliphatic carbocycles. The molecule has 26 heavy (non-hydrogen) atoms. The minimum Gasteiger partial charge on any atom is -0.494 e. The maximum atomic E-state index is 11.5. The normalized spacial score (nSPS) is 10.9. The molecule has 2 rings (SSSR count). The SMILES string of the molecule is CCOc1ccc(NC(=S)Nc2ccc(OCC)c(S(=O)(=O)O)c2)cc1. The summed E-state index contributed by atoms with van der Waals surface area (Å²) < 4.78 is 43.0. The standard InChI is InChI=1S/C17H20N2O5S2/c1-3-23-14-8-5-12(6-9-14)18-17(25)19-13-7-10-15(24-4-2)16(11-13)26(20,21)22/h5-11H,3-4H2,1-2H3,(H2,18,19,25)(H,20,21,22). The van der Waals surface area contributed by atoms with Gasteiger partial charge in [-0.25, -0.2) is 0 Å². The van der Waals surface area contributed by atoms with Gasteiger partial charge in [0.2, 0.25) is 0 Å². The molecule has 0 radical (unpaired) electrons. The second-order valence-corrected chi connectivity index (χ2v) is 6.90. The van der Waals surface area contributed by atoms with Crippen LogP contribution in [0.3, 0.4) is 0 Å². The van der Waals surface area contributed by atoms with Crippen molar-refractivity contribution in [1.82, 2.24) is 0 Å². The minimum absolute atomic E-state index is 0.0749. The molecule has 0 amide bonds. The van der Waals surface area contributed by atoms with Gasteiger partial charge in [0.15, 0.2) is 5.11 Å². The first kappa shape index (κ1) is 20.0. The van der Waals surface area contributed by atoms with Crippen molar-refractivity contribution < 1.29 is 22.4 Å². The zero-order chi connectivity index (χ0) is 19.2. The van der Waals surface area contributed by atoms with Gasteiger partial charge in [-0.3, -0.25) is 4.55 Å². The summed E-state index contributed by atoms with van der Waals surface area (Å²) in [5.41, 5.74) is 1.14. The molecule has 140 valence electrons. The molecule has 0 aromatic heterocycles. The van der Waals surface area contributed by atoms with Gasteiger partial charge in [0.1, 0.15) is 16.4 Å². The number of rotatable bonds is 7. The molecule has 0 spiro atoms. The summed E-state index contributed by atoms with van der Waals surface area (Å²) in [6.07, 6.45) is 0. The molecule has 2 aromatic rings. The van der Waals surface area contributed by atoms with Crippen molar-refractivity contribution in [3.05, 3.63) is 42.5 Å². The van der Waals surface area contributed by atoms with Crippen LogP contribution < -0.4 is 20.1 Å². The van der Waals surface area contributed by atoms with Crippen LogP contribution in [0, 0.1) is 0 Å². The van der Waals surface area contributed by atoms with E-state index < -0.39 is 10.1 Å². The Labute approximate surface area is 158 Å². The van der Waals surface area contributed by atoms with Gasteiger partial charge in [-0.05, 0) is 68.5 Å². The zero-order valence-electron chi connectivity index (χ0n) is 14.4. The van der Waals surface area contributed by atoms with E-state index in [9.17, 15) is 13.0 Å². The second-order valence-electron chi connectivity index (χ2n) is 5.11. The Bertz CT molecular complexity index is 867. The predicted octanol–water partition coefficient (Wildman–Crippen LogP) is 3.54.